The van der Waals surface area contributed by atoms with Gasteiger partial charge in [-0.2, -0.15) is 18.4 Å². The van der Waals surface area contributed by atoms with Crippen LogP contribution in [-0.2, 0) is 22.7 Å². The van der Waals surface area contributed by atoms with Crippen molar-refractivity contribution in [3.05, 3.63) is 53.7 Å². The molecule has 0 saturated heterocycles. The summed E-state index contributed by atoms with van der Waals surface area (Å²) in [6.45, 7) is 3.68. The highest BCUT2D eigenvalue weighted by Crippen LogP contribution is 2.32. The molecule has 0 aliphatic carbocycles. The zero-order valence-electron chi connectivity index (χ0n) is 15.4. The minimum absolute atomic E-state index is 0.0797. The van der Waals surface area contributed by atoms with Crippen LogP contribution in [-0.4, -0.2) is 23.0 Å². The van der Waals surface area contributed by atoms with Crippen molar-refractivity contribution >= 4 is 20.9 Å². The van der Waals surface area contributed by atoms with Crippen LogP contribution >= 0.6 is 0 Å². The van der Waals surface area contributed by atoms with Crippen molar-refractivity contribution in [2.75, 3.05) is 0 Å². The maximum absolute atomic E-state index is 13.0. The molecule has 0 bridgehead atoms. The summed E-state index contributed by atoms with van der Waals surface area (Å²) < 4.78 is 68.3. The summed E-state index contributed by atoms with van der Waals surface area (Å²) in [6, 6.07) is 6.17. The number of rotatable bonds is 5. The minimum Gasteiger partial charge on any atom is -0.343 e. The van der Waals surface area contributed by atoms with Gasteiger partial charge in [0, 0.05) is 30.0 Å². The number of nitrogens with zero attached hydrogens (tertiary/aromatic N) is 4. The van der Waals surface area contributed by atoms with Gasteiger partial charge in [-0.25, -0.2) is 18.1 Å². The molecule has 3 rings (SSSR count). The molecule has 0 amide bonds. The number of sulfonamides is 1. The normalized spacial score (nSPS) is 13.4. The van der Waals surface area contributed by atoms with E-state index in [2.05, 4.69) is 14.7 Å². The fourth-order valence-electron chi connectivity index (χ4n) is 3.01. The van der Waals surface area contributed by atoms with Gasteiger partial charge in [0.25, 0.3) is 0 Å². The van der Waals surface area contributed by atoms with Gasteiger partial charge in [0.2, 0.25) is 10.0 Å². The number of halogens is 3. The van der Waals surface area contributed by atoms with E-state index >= 15 is 0 Å². The van der Waals surface area contributed by atoms with Crippen LogP contribution in [0.3, 0.4) is 0 Å². The third-order valence-electron chi connectivity index (χ3n) is 4.36. The van der Waals surface area contributed by atoms with Crippen LogP contribution in [0, 0.1) is 11.3 Å². The highest BCUT2D eigenvalue weighted by Gasteiger charge is 2.33. The summed E-state index contributed by atoms with van der Waals surface area (Å²) in [5, 5.41) is 9.24. The van der Waals surface area contributed by atoms with Crippen molar-refractivity contribution in [2.45, 2.75) is 37.5 Å². The van der Waals surface area contributed by atoms with E-state index in [9.17, 15) is 21.6 Å². The van der Waals surface area contributed by atoms with E-state index in [1.807, 2.05) is 0 Å². The third kappa shape index (κ3) is 4.08. The SMILES string of the molecule is CCn1c(C(C)NS(=O)(=O)c2ccc(C#N)nc2)cc2cnc(C(F)(F)F)cc21. The Morgan fingerprint density at radius 2 is 1.97 bits per heavy atom. The van der Waals surface area contributed by atoms with Gasteiger partial charge in [-0.1, -0.05) is 0 Å². The largest absolute Gasteiger partial charge is 0.433 e. The number of pyridine rings is 2. The average Bonchev–Trinajstić information content (AvgIpc) is 3.05. The molecular weight excluding hydrogens is 407 g/mol. The fourth-order valence-corrected chi connectivity index (χ4v) is 4.17. The first-order valence-corrected chi connectivity index (χ1v) is 10.00. The number of hydrogen-bond donors (Lipinski definition) is 1. The summed E-state index contributed by atoms with van der Waals surface area (Å²) in [4.78, 5) is 7.08. The number of nitrogens with one attached hydrogen (secondary N) is 1. The highest BCUT2D eigenvalue weighted by molar-refractivity contribution is 7.89. The molecule has 0 aromatic carbocycles. The van der Waals surface area contributed by atoms with E-state index in [1.54, 1.807) is 30.6 Å². The highest BCUT2D eigenvalue weighted by atomic mass is 32.2. The van der Waals surface area contributed by atoms with Gasteiger partial charge in [-0.15, -0.1) is 0 Å². The molecule has 0 fully saturated rings. The van der Waals surface area contributed by atoms with Gasteiger partial charge in [0.15, 0.2) is 0 Å². The third-order valence-corrected chi connectivity index (χ3v) is 5.89. The van der Waals surface area contributed by atoms with Gasteiger partial charge < -0.3 is 4.57 Å². The van der Waals surface area contributed by atoms with E-state index in [-0.39, 0.29) is 10.6 Å². The van der Waals surface area contributed by atoms with Crippen molar-refractivity contribution in [3.8, 4) is 6.07 Å². The second-order valence-electron chi connectivity index (χ2n) is 6.27. The molecule has 1 unspecified atom stereocenters. The Morgan fingerprint density at radius 3 is 2.52 bits per heavy atom. The first kappa shape index (κ1) is 20.8. The number of nitriles is 1. The first-order valence-electron chi connectivity index (χ1n) is 8.51. The van der Waals surface area contributed by atoms with Crippen molar-refractivity contribution in [1.82, 2.24) is 19.3 Å². The molecule has 1 atom stereocenters. The molecular formula is C18H16F3N5O2S. The van der Waals surface area contributed by atoms with Crippen LogP contribution in [0.25, 0.3) is 10.9 Å². The second kappa shape index (κ2) is 7.46. The summed E-state index contributed by atoms with van der Waals surface area (Å²) in [5.74, 6) is 0. The first-order chi connectivity index (χ1) is 13.6. The molecule has 3 heterocycles. The van der Waals surface area contributed by atoms with Gasteiger partial charge >= 0.3 is 6.18 Å². The Labute approximate surface area is 164 Å². The topological polar surface area (TPSA) is 101 Å². The molecule has 0 aliphatic heterocycles. The number of hydrogen-bond acceptors (Lipinski definition) is 5. The van der Waals surface area contributed by atoms with E-state index in [1.165, 1.54) is 12.1 Å². The van der Waals surface area contributed by atoms with Crippen LogP contribution in [0.15, 0.2) is 41.6 Å². The quantitative estimate of drug-likeness (QED) is 0.678. The number of alkyl halides is 3. The molecule has 3 aromatic heterocycles. The van der Waals surface area contributed by atoms with Crippen molar-refractivity contribution in [3.63, 3.8) is 0 Å². The van der Waals surface area contributed by atoms with Gasteiger partial charge in [0.05, 0.1) is 11.6 Å². The van der Waals surface area contributed by atoms with Gasteiger partial charge in [0.1, 0.15) is 22.4 Å². The van der Waals surface area contributed by atoms with Crippen LogP contribution in [0.5, 0.6) is 0 Å². The lowest BCUT2D eigenvalue weighted by molar-refractivity contribution is -0.141. The summed E-state index contributed by atoms with van der Waals surface area (Å²) in [6.07, 6.45) is -2.38. The van der Waals surface area contributed by atoms with E-state index < -0.39 is 27.9 Å². The van der Waals surface area contributed by atoms with Crippen molar-refractivity contribution < 1.29 is 21.6 Å². The molecule has 11 heteroatoms. The van der Waals surface area contributed by atoms with Crippen LogP contribution in [0.4, 0.5) is 13.2 Å². The standard InChI is InChI=1S/C18H16F3N5O2S/c1-3-26-15(6-12-9-24-17(7-16(12)26)18(19,20)21)11(2)25-29(27,28)14-5-4-13(8-22)23-10-14/h4-7,9-11,25H,3H2,1-2H3. The summed E-state index contributed by atoms with van der Waals surface area (Å²) in [5.41, 5.74) is -0.123. The lowest BCUT2D eigenvalue weighted by Gasteiger charge is -2.17. The Hall–Kier alpha value is -2.97. The summed E-state index contributed by atoms with van der Waals surface area (Å²) >= 11 is 0. The fraction of sp³-hybridized carbons (Fsp3) is 0.278. The predicted octanol–water partition coefficient (Wildman–Crippen LogP) is 3.38. The lowest BCUT2D eigenvalue weighted by Crippen LogP contribution is -2.28. The number of aryl methyl sites for hydroxylation is 1. The van der Waals surface area contributed by atoms with Crippen LogP contribution in [0.2, 0.25) is 0 Å². The van der Waals surface area contributed by atoms with Crippen molar-refractivity contribution in [1.29, 1.82) is 5.26 Å². The second-order valence-corrected chi connectivity index (χ2v) is 7.99. The molecule has 152 valence electrons. The number of aromatic nitrogens is 3. The minimum atomic E-state index is -4.58. The molecule has 0 aliphatic rings. The molecule has 7 nitrogen and oxygen atoms in total. The van der Waals surface area contributed by atoms with Gasteiger partial charge in [-0.3, -0.25) is 4.98 Å². The average molecular weight is 423 g/mol. The van der Waals surface area contributed by atoms with E-state index in [0.717, 1.165) is 18.5 Å². The predicted molar refractivity (Wildman–Crippen MR) is 98.1 cm³/mol. The zero-order chi connectivity index (χ0) is 21.4. The van der Waals surface area contributed by atoms with Crippen LogP contribution in [0.1, 0.15) is 37.0 Å². The molecule has 29 heavy (non-hydrogen) atoms. The van der Waals surface area contributed by atoms with Crippen molar-refractivity contribution in [2.24, 2.45) is 0 Å². The molecule has 1 N–H and O–H groups in total. The van der Waals surface area contributed by atoms with Crippen LogP contribution < -0.4 is 4.72 Å². The summed E-state index contributed by atoms with van der Waals surface area (Å²) in [7, 11) is -3.96. The molecule has 0 radical (unpaired) electrons. The molecule has 0 spiro atoms. The smallest absolute Gasteiger partial charge is 0.343 e. The van der Waals surface area contributed by atoms with E-state index in [4.69, 9.17) is 5.26 Å². The Kier molecular flexibility index (Phi) is 5.34. The maximum atomic E-state index is 13.0. The Bertz CT molecular complexity index is 1200. The van der Waals surface area contributed by atoms with E-state index in [0.29, 0.717) is 23.1 Å². The monoisotopic (exact) mass is 423 g/mol. The van der Waals surface area contributed by atoms with Gasteiger partial charge in [-0.05, 0) is 38.1 Å². The maximum Gasteiger partial charge on any atom is 0.433 e. The zero-order valence-corrected chi connectivity index (χ0v) is 16.2. The Morgan fingerprint density at radius 1 is 1.24 bits per heavy atom. The molecule has 0 saturated carbocycles. The lowest BCUT2D eigenvalue weighted by atomic mass is 10.2. The molecule has 3 aromatic rings. The number of fused-ring (bicyclic) bond motifs is 1. The Balaban J connectivity index is 1.97.